The number of hydrogen-bond donors (Lipinski definition) is 2. The van der Waals surface area contributed by atoms with Crippen LogP contribution in [-0.4, -0.2) is 46.7 Å². The lowest BCUT2D eigenvalue weighted by Gasteiger charge is -2.45. The molecule has 0 saturated carbocycles. The molecule has 1 aromatic rings. The molecule has 1 saturated heterocycles. The maximum Gasteiger partial charge on any atom is 0.231 e. The molecule has 1 aliphatic carbocycles. The van der Waals surface area contributed by atoms with Crippen LogP contribution in [0, 0.1) is 0 Å². The number of nitrogens with zero attached hydrogens (tertiary/aromatic N) is 1. The second-order valence-corrected chi connectivity index (χ2v) is 6.42. The average Bonchev–Trinajstić information content (AvgIpc) is 2.99. The zero-order valence-corrected chi connectivity index (χ0v) is 11.5. The van der Waals surface area contributed by atoms with Crippen molar-refractivity contribution in [3.8, 4) is 11.5 Å². The lowest BCUT2D eigenvalue weighted by molar-refractivity contribution is 0.0937. The lowest BCUT2D eigenvalue weighted by Crippen LogP contribution is -2.52. The van der Waals surface area contributed by atoms with Crippen LogP contribution in [0.25, 0.3) is 0 Å². The van der Waals surface area contributed by atoms with Crippen molar-refractivity contribution in [3.05, 3.63) is 35.4 Å². The first-order chi connectivity index (χ1) is 10.2. The molecule has 110 valence electrons. The number of hydrogen-bond acceptors (Lipinski definition) is 5. The molecule has 1 aromatic carbocycles. The van der Waals surface area contributed by atoms with E-state index in [1.807, 2.05) is 24.3 Å². The summed E-state index contributed by atoms with van der Waals surface area (Å²) in [5, 5.41) is 20.7. The van der Waals surface area contributed by atoms with Gasteiger partial charge in [0.1, 0.15) is 0 Å². The highest BCUT2D eigenvalue weighted by Gasteiger charge is 2.58. The van der Waals surface area contributed by atoms with Crippen LogP contribution < -0.4 is 9.47 Å². The van der Waals surface area contributed by atoms with Crippen LogP contribution in [-0.2, 0) is 12.0 Å². The number of fused-ring (bicyclic) bond motifs is 2. The Morgan fingerprint density at radius 1 is 1.19 bits per heavy atom. The highest BCUT2D eigenvalue weighted by molar-refractivity contribution is 5.56. The predicted octanol–water partition coefficient (Wildman–Crippen LogP) is 0.533. The smallest absolute Gasteiger partial charge is 0.231 e. The summed E-state index contributed by atoms with van der Waals surface area (Å²) >= 11 is 0. The molecule has 5 rings (SSSR count). The zero-order chi connectivity index (χ0) is 14.2. The van der Waals surface area contributed by atoms with Crippen LogP contribution in [0.2, 0.25) is 0 Å². The lowest BCUT2D eigenvalue weighted by atomic mass is 9.65. The van der Waals surface area contributed by atoms with E-state index in [0.29, 0.717) is 13.0 Å². The number of aliphatic hydroxyl groups is 2. The van der Waals surface area contributed by atoms with E-state index in [2.05, 4.69) is 4.90 Å². The normalized spacial score (nSPS) is 41.8. The number of ether oxygens (including phenoxy) is 2. The Bertz CT molecular complexity index is 658. The molecule has 2 bridgehead atoms. The molecule has 21 heavy (non-hydrogen) atoms. The van der Waals surface area contributed by atoms with E-state index in [1.165, 1.54) is 5.56 Å². The van der Waals surface area contributed by atoms with Crippen molar-refractivity contribution in [2.24, 2.45) is 0 Å². The molecule has 3 aliphatic heterocycles. The Balaban J connectivity index is 1.76. The van der Waals surface area contributed by atoms with Crippen molar-refractivity contribution in [2.45, 2.75) is 36.6 Å². The quantitative estimate of drug-likeness (QED) is 0.682. The molecule has 1 fully saturated rings. The Hall–Kier alpha value is -1.56. The molecular weight excluding hydrogens is 270 g/mol. The minimum absolute atomic E-state index is 0.153. The first-order valence-corrected chi connectivity index (χ1v) is 7.41. The SMILES string of the molecule is O[C@@H]1C=C[C@@]23c4cc5c(cc4CN(C[C@@H]2O)[C@H]3C1)OCO5. The van der Waals surface area contributed by atoms with E-state index in [9.17, 15) is 10.2 Å². The second kappa shape index (κ2) is 3.80. The van der Waals surface area contributed by atoms with Gasteiger partial charge in [-0.25, -0.2) is 0 Å². The van der Waals surface area contributed by atoms with Crippen LogP contribution in [0.15, 0.2) is 24.3 Å². The van der Waals surface area contributed by atoms with Crippen molar-refractivity contribution >= 4 is 0 Å². The third kappa shape index (κ3) is 1.36. The van der Waals surface area contributed by atoms with Gasteiger partial charge in [0, 0.05) is 19.1 Å². The molecule has 5 heteroatoms. The van der Waals surface area contributed by atoms with Gasteiger partial charge < -0.3 is 19.7 Å². The van der Waals surface area contributed by atoms with Crippen LogP contribution in [0.4, 0.5) is 0 Å². The Morgan fingerprint density at radius 2 is 2.00 bits per heavy atom. The highest BCUT2D eigenvalue weighted by atomic mass is 16.7. The molecule has 0 aromatic heterocycles. The summed E-state index contributed by atoms with van der Waals surface area (Å²) in [5.74, 6) is 1.55. The van der Waals surface area contributed by atoms with Gasteiger partial charge in [0.15, 0.2) is 11.5 Å². The molecule has 5 atom stereocenters. The van der Waals surface area contributed by atoms with E-state index in [1.54, 1.807) is 0 Å². The van der Waals surface area contributed by atoms with Crippen LogP contribution >= 0.6 is 0 Å². The van der Waals surface area contributed by atoms with Crippen molar-refractivity contribution in [1.82, 2.24) is 4.90 Å². The summed E-state index contributed by atoms with van der Waals surface area (Å²) in [6.45, 7) is 1.69. The summed E-state index contributed by atoms with van der Waals surface area (Å²) in [6.07, 6.45) is 3.63. The van der Waals surface area contributed by atoms with Gasteiger partial charge in [0.2, 0.25) is 6.79 Å². The van der Waals surface area contributed by atoms with Gasteiger partial charge in [-0.3, -0.25) is 4.90 Å². The molecule has 4 aliphatic rings. The van der Waals surface area contributed by atoms with Gasteiger partial charge in [-0.15, -0.1) is 0 Å². The van der Waals surface area contributed by atoms with Gasteiger partial charge in [-0.1, -0.05) is 12.2 Å². The number of rotatable bonds is 0. The van der Waals surface area contributed by atoms with E-state index in [0.717, 1.165) is 23.6 Å². The minimum atomic E-state index is -0.451. The standard InChI is InChI=1S/C16H17NO4/c18-10-1-2-16-11-5-13-12(20-8-21-13)3-9(11)6-17(7-15(16)19)14(16)4-10/h1-3,5,10,14-15,18-19H,4,6-8H2/t10-,14+,15+,16+/m1/s1. The van der Waals surface area contributed by atoms with E-state index in [-0.39, 0.29) is 12.8 Å². The Kier molecular flexibility index (Phi) is 2.17. The largest absolute Gasteiger partial charge is 0.454 e. The predicted molar refractivity (Wildman–Crippen MR) is 74.2 cm³/mol. The number of benzene rings is 1. The van der Waals surface area contributed by atoms with Gasteiger partial charge in [0.25, 0.3) is 0 Å². The molecule has 0 amide bonds. The summed E-state index contributed by atoms with van der Waals surface area (Å²) in [7, 11) is 0. The van der Waals surface area contributed by atoms with Crippen molar-refractivity contribution in [3.63, 3.8) is 0 Å². The fourth-order valence-electron chi connectivity index (χ4n) is 4.53. The molecule has 1 unspecified atom stereocenters. The van der Waals surface area contributed by atoms with Crippen molar-refractivity contribution in [1.29, 1.82) is 0 Å². The first kappa shape index (κ1) is 12.0. The van der Waals surface area contributed by atoms with Crippen molar-refractivity contribution < 1.29 is 19.7 Å². The van der Waals surface area contributed by atoms with E-state index >= 15 is 0 Å². The van der Waals surface area contributed by atoms with Gasteiger partial charge >= 0.3 is 0 Å². The number of aliphatic hydroxyl groups excluding tert-OH is 2. The summed E-state index contributed by atoms with van der Waals surface area (Å²) in [4.78, 5) is 2.28. The third-order valence-electron chi connectivity index (χ3n) is 5.45. The average molecular weight is 287 g/mol. The Labute approximate surface area is 122 Å². The molecule has 3 heterocycles. The summed E-state index contributed by atoms with van der Waals surface area (Å²) < 4.78 is 11.0. The maximum atomic E-state index is 10.7. The van der Waals surface area contributed by atoms with Gasteiger partial charge in [-0.2, -0.15) is 0 Å². The molecule has 5 nitrogen and oxygen atoms in total. The monoisotopic (exact) mass is 287 g/mol. The highest BCUT2D eigenvalue weighted by Crippen LogP contribution is 2.53. The topological polar surface area (TPSA) is 62.2 Å². The Morgan fingerprint density at radius 3 is 2.86 bits per heavy atom. The molecule has 2 N–H and O–H groups in total. The first-order valence-electron chi connectivity index (χ1n) is 7.41. The van der Waals surface area contributed by atoms with Crippen molar-refractivity contribution in [2.75, 3.05) is 13.3 Å². The minimum Gasteiger partial charge on any atom is -0.454 e. The van der Waals surface area contributed by atoms with Gasteiger partial charge in [-0.05, 0) is 29.7 Å². The van der Waals surface area contributed by atoms with E-state index < -0.39 is 17.6 Å². The van der Waals surface area contributed by atoms with Crippen LogP contribution in [0.5, 0.6) is 11.5 Å². The van der Waals surface area contributed by atoms with E-state index in [4.69, 9.17) is 9.47 Å². The fourth-order valence-corrected chi connectivity index (χ4v) is 4.53. The van der Waals surface area contributed by atoms with Gasteiger partial charge in [0.05, 0.1) is 17.6 Å². The molecule has 0 radical (unpaired) electrons. The fraction of sp³-hybridized carbons (Fsp3) is 0.500. The zero-order valence-electron chi connectivity index (χ0n) is 11.5. The maximum absolute atomic E-state index is 10.7. The third-order valence-corrected chi connectivity index (χ3v) is 5.45. The molecular formula is C16H17NO4. The second-order valence-electron chi connectivity index (χ2n) is 6.42. The van der Waals surface area contributed by atoms with Crippen LogP contribution in [0.3, 0.4) is 0 Å². The summed E-state index contributed by atoms with van der Waals surface area (Å²) in [6, 6.07) is 4.22. The van der Waals surface area contributed by atoms with Crippen LogP contribution in [0.1, 0.15) is 17.5 Å². The summed E-state index contributed by atoms with van der Waals surface area (Å²) in [5.41, 5.74) is 1.89. The molecule has 0 spiro atoms.